The summed E-state index contributed by atoms with van der Waals surface area (Å²) in [6, 6.07) is 2.92. The Morgan fingerprint density at radius 2 is 2.50 bits per heavy atom. The number of rotatable bonds is 3. The number of anilines is 1. The number of nitrogens with zero attached hydrogens (tertiary/aromatic N) is 3. The van der Waals surface area contributed by atoms with E-state index in [2.05, 4.69) is 4.98 Å². The maximum absolute atomic E-state index is 10.6. The number of pyridine rings is 1. The molecular weight excluding hydrogens is 208 g/mol. The summed E-state index contributed by atoms with van der Waals surface area (Å²) < 4.78 is 0. The van der Waals surface area contributed by atoms with Gasteiger partial charge in [0.1, 0.15) is 5.82 Å². The fraction of sp³-hybridized carbons (Fsp3) is 0.500. The molecule has 6 nitrogen and oxygen atoms in total. The summed E-state index contributed by atoms with van der Waals surface area (Å²) in [5.41, 5.74) is 5.68. The molecule has 1 unspecified atom stereocenters. The van der Waals surface area contributed by atoms with Crippen LogP contribution in [0, 0.1) is 16.0 Å². The number of hydrogen-bond donors (Lipinski definition) is 1. The van der Waals surface area contributed by atoms with E-state index in [1.807, 2.05) is 4.90 Å². The molecule has 1 aromatic heterocycles. The van der Waals surface area contributed by atoms with E-state index in [-0.39, 0.29) is 5.69 Å². The van der Waals surface area contributed by atoms with E-state index in [0.29, 0.717) is 18.3 Å². The zero-order valence-electron chi connectivity index (χ0n) is 8.87. The zero-order chi connectivity index (χ0) is 11.5. The molecule has 2 rings (SSSR count). The van der Waals surface area contributed by atoms with Crippen LogP contribution >= 0.6 is 0 Å². The van der Waals surface area contributed by atoms with E-state index in [9.17, 15) is 10.1 Å². The highest BCUT2D eigenvalue weighted by atomic mass is 16.6. The van der Waals surface area contributed by atoms with Gasteiger partial charge in [0.2, 0.25) is 0 Å². The Kier molecular flexibility index (Phi) is 3.00. The molecule has 2 heterocycles. The molecule has 1 atom stereocenters. The van der Waals surface area contributed by atoms with Gasteiger partial charge in [0.25, 0.3) is 5.69 Å². The van der Waals surface area contributed by atoms with Gasteiger partial charge in [0.05, 0.1) is 11.0 Å². The molecule has 0 bridgehead atoms. The minimum absolute atomic E-state index is 0.0844. The highest BCUT2D eigenvalue weighted by molar-refractivity contribution is 5.47. The highest BCUT2D eigenvalue weighted by Gasteiger charge is 2.23. The highest BCUT2D eigenvalue weighted by Crippen LogP contribution is 2.24. The Morgan fingerprint density at radius 3 is 3.12 bits per heavy atom. The van der Waals surface area contributed by atoms with Crippen molar-refractivity contribution in [2.45, 2.75) is 6.42 Å². The molecule has 1 saturated heterocycles. The summed E-state index contributed by atoms with van der Waals surface area (Å²) in [4.78, 5) is 16.4. The van der Waals surface area contributed by atoms with Crippen LogP contribution in [0.2, 0.25) is 0 Å². The lowest BCUT2D eigenvalue weighted by Crippen LogP contribution is -2.23. The lowest BCUT2D eigenvalue weighted by Gasteiger charge is -2.16. The molecule has 0 spiro atoms. The molecule has 1 aliphatic rings. The van der Waals surface area contributed by atoms with E-state index in [0.717, 1.165) is 19.5 Å². The smallest absolute Gasteiger partial charge is 0.274 e. The van der Waals surface area contributed by atoms with Gasteiger partial charge >= 0.3 is 0 Å². The van der Waals surface area contributed by atoms with E-state index in [4.69, 9.17) is 5.73 Å². The van der Waals surface area contributed by atoms with Crippen molar-refractivity contribution < 1.29 is 4.92 Å². The van der Waals surface area contributed by atoms with E-state index < -0.39 is 4.92 Å². The second kappa shape index (κ2) is 4.44. The van der Waals surface area contributed by atoms with Crippen molar-refractivity contribution in [2.24, 2.45) is 11.7 Å². The third-order valence-electron chi connectivity index (χ3n) is 2.88. The molecule has 1 aromatic rings. The van der Waals surface area contributed by atoms with E-state index in [1.54, 1.807) is 0 Å². The zero-order valence-corrected chi connectivity index (χ0v) is 8.87. The predicted molar refractivity (Wildman–Crippen MR) is 60.3 cm³/mol. The van der Waals surface area contributed by atoms with E-state index >= 15 is 0 Å². The first-order valence-electron chi connectivity index (χ1n) is 5.26. The van der Waals surface area contributed by atoms with Gasteiger partial charge in [-0.1, -0.05) is 0 Å². The first kappa shape index (κ1) is 10.8. The van der Waals surface area contributed by atoms with Crippen LogP contribution in [0.5, 0.6) is 0 Å². The molecule has 0 amide bonds. The van der Waals surface area contributed by atoms with Gasteiger partial charge in [-0.3, -0.25) is 10.1 Å². The summed E-state index contributed by atoms with van der Waals surface area (Å²) in [7, 11) is 0. The monoisotopic (exact) mass is 222 g/mol. The summed E-state index contributed by atoms with van der Waals surface area (Å²) in [5.74, 6) is 1.14. The van der Waals surface area contributed by atoms with Crippen LogP contribution in [-0.4, -0.2) is 29.5 Å². The molecule has 0 aromatic carbocycles. The Bertz CT molecular complexity index is 396. The Labute approximate surface area is 93.2 Å². The fourth-order valence-electron chi connectivity index (χ4n) is 1.93. The fourth-order valence-corrected chi connectivity index (χ4v) is 1.93. The van der Waals surface area contributed by atoms with Crippen LogP contribution in [0.4, 0.5) is 11.5 Å². The molecule has 1 aliphatic heterocycles. The molecular formula is C10H14N4O2. The summed E-state index contributed by atoms with van der Waals surface area (Å²) in [6.07, 6.45) is 2.50. The average Bonchev–Trinajstić information content (AvgIpc) is 2.77. The number of nitrogens with two attached hydrogens (primary N) is 1. The second-order valence-corrected chi connectivity index (χ2v) is 3.97. The van der Waals surface area contributed by atoms with Crippen LogP contribution in [0.25, 0.3) is 0 Å². The molecule has 6 heteroatoms. The van der Waals surface area contributed by atoms with Crippen molar-refractivity contribution in [3.63, 3.8) is 0 Å². The van der Waals surface area contributed by atoms with Gasteiger partial charge in [0, 0.05) is 25.4 Å². The first-order chi connectivity index (χ1) is 7.70. The van der Waals surface area contributed by atoms with Crippen LogP contribution < -0.4 is 10.6 Å². The molecule has 2 N–H and O–H groups in total. The standard InChI is InChI=1S/C10H14N4O2/c11-6-8-2-4-13(7-8)10-5-9(14(15)16)1-3-12-10/h1,3,5,8H,2,4,6-7,11H2. The lowest BCUT2D eigenvalue weighted by molar-refractivity contribution is -0.384. The first-order valence-corrected chi connectivity index (χ1v) is 5.26. The Hall–Kier alpha value is -1.69. The van der Waals surface area contributed by atoms with Gasteiger partial charge in [-0.15, -0.1) is 0 Å². The average molecular weight is 222 g/mol. The molecule has 16 heavy (non-hydrogen) atoms. The Morgan fingerprint density at radius 1 is 1.69 bits per heavy atom. The van der Waals surface area contributed by atoms with Gasteiger partial charge in [-0.05, 0) is 18.9 Å². The third-order valence-corrected chi connectivity index (χ3v) is 2.88. The molecule has 0 aliphatic carbocycles. The summed E-state index contributed by atoms with van der Waals surface area (Å²) in [5, 5.41) is 10.6. The van der Waals surface area contributed by atoms with Crippen LogP contribution in [0.15, 0.2) is 18.3 Å². The van der Waals surface area contributed by atoms with Crippen LogP contribution in [0.1, 0.15) is 6.42 Å². The molecule has 0 saturated carbocycles. The number of nitro groups is 1. The third kappa shape index (κ3) is 2.11. The predicted octanol–water partition coefficient (Wildman–Crippen LogP) is 0.775. The number of aromatic nitrogens is 1. The van der Waals surface area contributed by atoms with Gasteiger partial charge in [-0.2, -0.15) is 0 Å². The summed E-state index contributed by atoms with van der Waals surface area (Å²) >= 11 is 0. The van der Waals surface area contributed by atoms with Crippen molar-refractivity contribution in [1.82, 2.24) is 4.98 Å². The van der Waals surface area contributed by atoms with Crippen LogP contribution in [-0.2, 0) is 0 Å². The normalized spacial score (nSPS) is 20.1. The van der Waals surface area contributed by atoms with Crippen molar-refractivity contribution in [3.05, 3.63) is 28.4 Å². The summed E-state index contributed by atoms with van der Waals surface area (Å²) in [6.45, 7) is 2.37. The lowest BCUT2D eigenvalue weighted by atomic mass is 10.1. The quantitative estimate of drug-likeness (QED) is 0.603. The second-order valence-electron chi connectivity index (χ2n) is 3.97. The molecule has 0 radical (unpaired) electrons. The maximum atomic E-state index is 10.6. The molecule has 1 fully saturated rings. The Balaban J connectivity index is 2.15. The number of hydrogen-bond acceptors (Lipinski definition) is 5. The SMILES string of the molecule is NCC1CCN(c2cc([N+](=O)[O-])ccn2)C1. The minimum Gasteiger partial charge on any atom is -0.356 e. The van der Waals surface area contributed by atoms with Gasteiger partial charge in [-0.25, -0.2) is 4.98 Å². The largest absolute Gasteiger partial charge is 0.356 e. The topological polar surface area (TPSA) is 85.3 Å². The van der Waals surface area contributed by atoms with Crippen molar-refractivity contribution in [2.75, 3.05) is 24.5 Å². The van der Waals surface area contributed by atoms with Gasteiger partial charge < -0.3 is 10.6 Å². The van der Waals surface area contributed by atoms with Crippen molar-refractivity contribution in [1.29, 1.82) is 0 Å². The van der Waals surface area contributed by atoms with Crippen LogP contribution in [0.3, 0.4) is 0 Å². The maximum Gasteiger partial charge on any atom is 0.274 e. The van der Waals surface area contributed by atoms with Gasteiger partial charge in [0.15, 0.2) is 0 Å². The van der Waals surface area contributed by atoms with E-state index in [1.165, 1.54) is 18.3 Å². The van der Waals surface area contributed by atoms with Crippen molar-refractivity contribution >= 4 is 11.5 Å². The molecule has 86 valence electrons. The van der Waals surface area contributed by atoms with Crippen molar-refractivity contribution in [3.8, 4) is 0 Å². The minimum atomic E-state index is -0.401.